The van der Waals surface area contributed by atoms with Crippen LogP contribution in [0.1, 0.15) is 19.3 Å². The van der Waals surface area contributed by atoms with Crippen LogP contribution in [0.25, 0.3) is 11.1 Å². The number of rotatable bonds is 8. The number of nitrogens with zero attached hydrogens (tertiary/aromatic N) is 1. The minimum atomic E-state index is -0.796. The van der Waals surface area contributed by atoms with Crippen molar-refractivity contribution in [2.45, 2.75) is 19.3 Å². The summed E-state index contributed by atoms with van der Waals surface area (Å²) < 4.78 is 17.2. The summed E-state index contributed by atoms with van der Waals surface area (Å²) in [6, 6.07) is 14.5. The van der Waals surface area contributed by atoms with E-state index in [9.17, 15) is 0 Å². The highest BCUT2D eigenvalue weighted by atomic mass is 28.2. The average Bonchev–Trinajstić information content (AvgIpc) is 2.71. The van der Waals surface area contributed by atoms with Gasteiger partial charge in [0.2, 0.25) is 0 Å². The van der Waals surface area contributed by atoms with Crippen LogP contribution in [0.3, 0.4) is 0 Å². The lowest BCUT2D eigenvalue weighted by Crippen LogP contribution is -2.33. The topological polar surface area (TPSA) is 30.9 Å². The van der Waals surface area contributed by atoms with E-state index in [0.717, 1.165) is 30.2 Å². The van der Waals surface area contributed by atoms with Crippen molar-refractivity contribution in [1.82, 2.24) is 4.90 Å². The summed E-state index contributed by atoms with van der Waals surface area (Å²) >= 11 is 0. The van der Waals surface area contributed by atoms with E-state index in [1.54, 1.807) is 14.2 Å². The summed E-state index contributed by atoms with van der Waals surface area (Å²) in [6.07, 6.45) is 4.04. The molecule has 140 valence electrons. The summed E-state index contributed by atoms with van der Waals surface area (Å²) in [5, 5.41) is 1.30. The molecule has 0 amide bonds. The van der Waals surface area contributed by atoms with Crippen molar-refractivity contribution in [2.24, 2.45) is 0 Å². The maximum atomic E-state index is 6.14. The predicted molar refractivity (Wildman–Crippen MR) is 109 cm³/mol. The van der Waals surface area contributed by atoms with Gasteiger partial charge in [0.1, 0.15) is 0 Å². The minimum absolute atomic E-state index is 0.757. The maximum Gasteiger partial charge on any atom is 0.192 e. The normalized spacial score (nSPS) is 15.5. The zero-order valence-corrected chi connectivity index (χ0v) is 17.3. The number of ether oxygens (including phenoxy) is 2. The van der Waals surface area contributed by atoms with Crippen LogP contribution < -0.4 is 14.7 Å². The Kier molecular flexibility index (Phi) is 7.11. The van der Waals surface area contributed by atoms with E-state index < -0.39 is 9.76 Å². The summed E-state index contributed by atoms with van der Waals surface area (Å²) in [7, 11) is 2.57. The van der Waals surface area contributed by atoms with Crippen molar-refractivity contribution < 1.29 is 13.9 Å². The van der Waals surface area contributed by atoms with Gasteiger partial charge in [-0.25, -0.2) is 0 Å². The van der Waals surface area contributed by atoms with Crippen molar-refractivity contribution >= 4 is 14.9 Å². The summed E-state index contributed by atoms with van der Waals surface area (Å²) in [4.78, 5) is 2.52. The van der Waals surface area contributed by atoms with Crippen LogP contribution in [-0.4, -0.2) is 55.1 Å². The van der Waals surface area contributed by atoms with Crippen molar-refractivity contribution in [3.05, 3.63) is 42.5 Å². The van der Waals surface area contributed by atoms with Gasteiger partial charge in [-0.05, 0) is 42.7 Å². The minimum Gasteiger partial charge on any atom is -0.493 e. The second-order valence-electron chi connectivity index (χ2n) is 6.65. The quantitative estimate of drug-likeness (QED) is 0.527. The fourth-order valence-corrected chi connectivity index (χ4v) is 4.76. The molecule has 0 atom stereocenters. The molecule has 0 N–H and O–H groups in total. The molecule has 3 rings (SSSR count). The molecule has 26 heavy (non-hydrogen) atoms. The molecule has 4 nitrogen and oxygen atoms in total. The average molecular weight is 372 g/mol. The van der Waals surface area contributed by atoms with E-state index in [-0.39, 0.29) is 0 Å². The number of piperidine rings is 1. The van der Waals surface area contributed by atoms with Crippen LogP contribution in [0.15, 0.2) is 42.5 Å². The van der Waals surface area contributed by atoms with Crippen molar-refractivity contribution in [1.29, 1.82) is 0 Å². The highest BCUT2D eigenvalue weighted by Crippen LogP contribution is 2.36. The van der Waals surface area contributed by atoms with Crippen molar-refractivity contribution in [3.63, 3.8) is 0 Å². The predicted octanol–water partition coefficient (Wildman–Crippen LogP) is 2.58. The van der Waals surface area contributed by atoms with Crippen molar-refractivity contribution in [3.8, 4) is 22.6 Å². The molecule has 1 saturated heterocycles. The first kappa shape index (κ1) is 19.0. The third-order valence-corrected chi connectivity index (χ3v) is 6.39. The molecule has 5 heteroatoms. The summed E-state index contributed by atoms with van der Waals surface area (Å²) in [6.45, 7) is 4.33. The number of hydrogen-bond acceptors (Lipinski definition) is 4. The molecule has 0 unspecified atom stereocenters. The van der Waals surface area contributed by atoms with Gasteiger partial charge >= 0.3 is 0 Å². The monoisotopic (exact) mass is 371 g/mol. The smallest absolute Gasteiger partial charge is 0.192 e. The SMILES string of the molecule is COc1cccc(-c2ccccc2[SiH2]OCCN2CCCCC2)c1OC. The fraction of sp³-hybridized carbons (Fsp3) is 0.429. The summed E-state index contributed by atoms with van der Waals surface area (Å²) in [5.74, 6) is 1.54. The lowest BCUT2D eigenvalue weighted by Gasteiger charge is -2.26. The van der Waals surface area contributed by atoms with E-state index in [4.69, 9.17) is 13.9 Å². The number of para-hydroxylation sites is 1. The van der Waals surface area contributed by atoms with Gasteiger partial charge in [-0.3, -0.25) is 0 Å². The molecule has 0 aromatic heterocycles. The molecule has 1 fully saturated rings. The van der Waals surface area contributed by atoms with E-state index in [2.05, 4.69) is 35.2 Å². The van der Waals surface area contributed by atoms with Crippen LogP contribution >= 0.6 is 0 Å². The highest BCUT2D eigenvalue weighted by Gasteiger charge is 2.15. The zero-order valence-electron chi connectivity index (χ0n) is 15.9. The molecule has 2 aromatic carbocycles. The summed E-state index contributed by atoms with van der Waals surface area (Å²) in [5.41, 5.74) is 2.25. The Morgan fingerprint density at radius 1 is 0.885 bits per heavy atom. The molecular weight excluding hydrogens is 342 g/mol. The lowest BCUT2D eigenvalue weighted by atomic mass is 10.0. The van der Waals surface area contributed by atoms with E-state index >= 15 is 0 Å². The third kappa shape index (κ3) is 4.66. The standard InChI is InChI=1S/C21H29NO3Si/c1-23-19-11-8-10-18(21(19)24-2)17-9-4-5-12-20(17)26-25-16-15-22-13-6-3-7-14-22/h4-5,8-12H,3,6-7,13-16,26H2,1-2H3. The Morgan fingerprint density at radius 3 is 2.42 bits per heavy atom. The number of benzene rings is 2. The van der Waals surface area contributed by atoms with Crippen LogP contribution in [0.4, 0.5) is 0 Å². The zero-order chi connectivity index (χ0) is 18.2. The van der Waals surface area contributed by atoms with Crippen LogP contribution in [0, 0.1) is 0 Å². The maximum absolute atomic E-state index is 6.14. The highest BCUT2D eigenvalue weighted by molar-refractivity contribution is 6.49. The molecule has 1 aliphatic rings. The molecule has 0 spiro atoms. The number of methoxy groups -OCH3 is 2. The van der Waals surface area contributed by atoms with Gasteiger partial charge in [-0.1, -0.05) is 42.8 Å². The second kappa shape index (κ2) is 9.76. The van der Waals surface area contributed by atoms with E-state index in [1.807, 2.05) is 12.1 Å². The Hall–Kier alpha value is -1.82. The van der Waals surface area contributed by atoms with Gasteiger partial charge in [-0.2, -0.15) is 0 Å². The Labute approximate surface area is 159 Å². The first-order valence-electron chi connectivity index (χ1n) is 9.43. The van der Waals surface area contributed by atoms with Crippen molar-refractivity contribution in [2.75, 3.05) is 40.5 Å². The first-order valence-corrected chi connectivity index (χ1v) is 10.7. The number of hydrogen-bond donors (Lipinski definition) is 0. The molecule has 1 heterocycles. The van der Waals surface area contributed by atoms with Gasteiger partial charge in [0.15, 0.2) is 21.3 Å². The van der Waals surface area contributed by atoms with Gasteiger partial charge in [-0.15, -0.1) is 0 Å². The molecule has 0 bridgehead atoms. The van der Waals surface area contributed by atoms with E-state index in [1.165, 1.54) is 43.1 Å². The Bertz CT molecular complexity index is 701. The fourth-order valence-electron chi connectivity index (χ4n) is 3.57. The van der Waals surface area contributed by atoms with Gasteiger partial charge < -0.3 is 18.8 Å². The van der Waals surface area contributed by atoms with E-state index in [0.29, 0.717) is 0 Å². The molecule has 1 aliphatic heterocycles. The van der Waals surface area contributed by atoms with Gasteiger partial charge in [0.05, 0.1) is 14.2 Å². The Morgan fingerprint density at radius 2 is 1.65 bits per heavy atom. The van der Waals surface area contributed by atoms with Gasteiger partial charge in [0.25, 0.3) is 0 Å². The molecule has 0 saturated carbocycles. The third-order valence-electron chi connectivity index (χ3n) is 4.97. The first-order chi connectivity index (χ1) is 12.8. The number of likely N-dealkylation sites (tertiary alicyclic amines) is 1. The largest absolute Gasteiger partial charge is 0.493 e. The van der Waals surface area contributed by atoms with Crippen LogP contribution in [-0.2, 0) is 4.43 Å². The molecular formula is C21H29NO3Si. The molecule has 2 aromatic rings. The van der Waals surface area contributed by atoms with Gasteiger partial charge in [0, 0.05) is 18.7 Å². The van der Waals surface area contributed by atoms with Crippen LogP contribution in [0.5, 0.6) is 11.5 Å². The molecule has 0 radical (unpaired) electrons. The van der Waals surface area contributed by atoms with Crippen LogP contribution in [0.2, 0.25) is 0 Å². The lowest BCUT2D eigenvalue weighted by molar-refractivity contribution is 0.188. The Balaban J connectivity index is 1.68. The molecule has 0 aliphatic carbocycles. The second-order valence-corrected chi connectivity index (χ2v) is 8.11.